The molecule has 1 N–H and O–H groups in total. The normalized spacial score (nSPS) is 18.0. The highest BCUT2D eigenvalue weighted by Gasteiger charge is 2.26. The molecule has 144 valence electrons. The molecule has 0 aromatic heterocycles. The van der Waals surface area contributed by atoms with Crippen LogP contribution in [0, 0.1) is 11.3 Å². The Balaban J connectivity index is 1.40. The Hall–Kier alpha value is -2.68. The number of carbonyl (C=O) groups is 1. The Kier molecular flexibility index (Phi) is 5.43. The van der Waals surface area contributed by atoms with Gasteiger partial charge in [0.25, 0.3) is 5.91 Å². The van der Waals surface area contributed by atoms with Crippen molar-refractivity contribution in [3.05, 3.63) is 70.3 Å². The minimum Gasteiger partial charge on any atom is -0.390 e. The number of fused-ring (bicyclic) bond motifs is 2. The van der Waals surface area contributed by atoms with E-state index in [-0.39, 0.29) is 5.91 Å². The fourth-order valence-electron chi connectivity index (χ4n) is 4.31. The molecule has 0 saturated heterocycles. The highest BCUT2D eigenvalue weighted by atomic mass is 16.3. The summed E-state index contributed by atoms with van der Waals surface area (Å²) in [6.45, 7) is 3.33. The van der Waals surface area contributed by atoms with Crippen LogP contribution in [0.2, 0.25) is 0 Å². The molecule has 28 heavy (non-hydrogen) atoms. The molecule has 0 spiro atoms. The molecule has 1 amide bonds. The van der Waals surface area contributed by atoms with Crippen LogP contribution in [-0.2, 0) is 19.4 Å². The van der Waals surface area contributed by atoms with Gasteiger partial charge in [-0.05, 0) is 54.2 Å². The SMILES string of the molecule is N#Cc1ccc2c(c1)CCCN(C[C@H](O)CN1CCc3ccccc3C1)C2=O. The summed E-state index contributed by atoms with van der Waals surface area (Å²) in [5.41, 5.74) is 4.91. The molecule has 2 heterocycles. The first kappa shape index (κ1) is 18.7. The molecule has 0 fully saturated rings. The van der Waals surface area contributed by atoms with Gasteiger partial charge in [-0.3, -0.25) is 9.69 Å². The van der Waals surface area contributed by atoms with Crippen molar-refractivity contribution in [2.75, 3.05) is 26.2 Å². The number of carbonyl (C=O) groups excluding carboxylic acids is 1. The summed E-state index contributed by atoms with van der Waals surface area (Å²) < 4.78 is 0. The zero-order valence-electron chi connectivity index (χ0n) is 16.0. The summed E-state index contributed by atoms with van der Waals surface area (Å²) in [7, 11) is 0. The number of benzene rings is 2. The fraction of sp³-hybridized carbons (Fsp3) is 0.391. The summed E-state index contributed by atoms with van der Waals surface area (Å²) in [4.78, 5) is 17.0. The molecular formula is C23H25N3O2. The molecular weight excluding hydrogens is 350 g/mol. The lowest BCUT2D eigenvalue weighted by Crippen LogP contribution is -2.44. The third-order valence-corrected chi connectivity index (χ3v) is 5.74. The molecule has 5 nitrogen and oxygen atoms in total. The molecule has 2 aliphatic rings. The van der Waals surface area contributed by atoms with E-state index in [1.807, 2.05) is 6.07 Å². The number of nitrogens with zero attached hydrogens (tertiary/aromatic N) is 3. The van der Waals surface area contributed by atoms with Crippen molar-refractivity contribution in [1.82, 2.24) is 9.80 Å². The molecule has 1 atom stereocenters. The number of amides is 1. The second-order valence-electron chi connectivity index (χ2n) is 7.75. The summed E-state index contributed by atoms with van der Waals surface area (Å²) in [5, 5.41) is 19.7. The van der Waals surface area contributed by atoms with E-state index in [2.05, 4.69) is 35.2 Å². The summed E-state index contributed by atoms with van der Waals surface area (Å²) in [6, 6.07) is 15.9. The zero-order valence-corrected chi connectivity index (χ0v) is 16.0. The van der Waals surface area contributed by atoms with E-state index in [1.54, 1.807) is 17.0 Å². The molecule has 0 unspecified atom stereocenters. The molecule has 4 rings (SSSR count). The highest BCUT2D eigenvalue weighted by molar-refractivity contribution is 5.96. The minimum atomic E-state index is -0.575. The predicted molar refractivity (Wildman–Crippen MR) is 107 cm³/mol. The first-order valence-corrected chi connectivity index (χ1v) is 9.93. The largest absolute Gasteiger partial charge is 0.390 e. The lowest BCUT2D eigenvalue weighted by atomic mass is 9.99. The van der Waals surface area contributed by atoms with Crippen molar-refractivity contribution in [2.45, 2.75) is 31.9 Å². The number of nitriles is 1. The fourth-order valence-corrected chi connectivity index (χ4v) is 4.31. The van der Waals surface area contributed by atoms with Crippen molar-refractivity contribution >= 4 is 5.91 Å². The van der Waals surface area contributed by atoms with Gasteiger partial charge in [0.05, 0.1) is 17.7 Å². The summed E-state index contributed by atoms with van der Waals surface area (Å²) >= 11 is 0. The molecule has 0 radical (unpaired) electrons. The molecule has 5 heteroatoms. The molecule has 2 aromatic carbocycles. The van der Waals surface area contributed by atoms with Gasteiger partial charge in [0.1, 0.15) is 0 Å². The number of hydrogen-bond donors (Lipinski definition) is 1. The van der Waals surface area contributed by atoms with Gasteiger partial charge >= 0.3 is 0 Å². The van der Waals surface area contributed by atoms with E-state index in [4.69, 9.17) is 5.26 Å². The highest BCUT2D eigenvalue weighted by Crippen LogP contribution is 2.22. The lowest BCUT2D eigenvalue weighted by molar-refractivity contribution is 0.0513. The van der Waals surface area contributed by atoms with Gasteiger partial charge in [-0.2, -0.15) is 5.26 Å². The Morgan fingerprint density at radius 3 is 2.68 bits per heavy atom. The van der Waals surface area contributed by atoms with Crippen LogP contribution >= 0.6 is 0 Å². The average Bonchev–Trinajstić information content (AvgIpc) is 2.86. The number of aryl methyl sites for hydroxylation is 1. The molecule has 2 aliphatic heterocycles. The first-order valence-electron chi connectivity index (χ1n) is 9.93. The van der Waals surface area contributed by atoms with Gasteiger partial charge in [-0.25, -0.2) is 0 Å². The van der Waals surface area contributed by atoms with Gasteiger partial charge in [0.2, 0.25) is 0 Å². The smallest absolute Gasteiger partial charge is 0.254 e. The summed E-state index contributed by atoms with van der Waals surface area (Å²) in [6.07, 6.45) is 2.05. The van der Waals surface area contributed by atoms with E-state index in [9.17, 15) is 9.90 Å². The van der Waals surface area contributed by atoms with Crippen LogP contribution in [0.5, 0.6) is 0 Å². The molecule has 0 saturated carbocycles. The van der Waals surface area contributed by atoms with Crippen molar-refractivity contribution < 1.29 is 9.90 Å². The van der Waals surface area contributed by atoms with Gasteiger partial charge in [0.15, 0.2) is 0 Å². The third kappa shape index (κ3) is 3.94. The van der Waals surface area contributed by atoms with Gasteiger partial charge in [-0.1, -0.05) is 24.3 Å². The average molecular weight is 375 g/mol. The van der Waals surface area contributed by atoms with Crippen LogP contribution in [-0.4, -0.2) is 53.1 Å². The van der Waals surface area contributed by atoms with E-state index in [1.165, 1.54) is 11.1 Å². The first-order chi connectivity index (χ1) is 13.6. The van der Waals surface area contributed by atoms with E-state index < -0.39 is 6.10 Å². The van der Waals surface area contributed by atoms with Crippen molar-refractivity contribution in [2.24, 2.45) is 0 Å². The quantitative estimate of drug-likeness (QED) is 0.891. The lowest BCUT2D eigenvalue weighted by Gasteiger charge is -2.32. The Bertz CT molecular complexity index is 918. The monoisotopic (exact) mass is 375 g/mol. The minimum absolute atomic E-state index is 0.0416. The Morgan fingerprint density at radius 2 is 1.86 bits per heavy atom. The van der Waals surface area contributed by atoms with E-state index in [0.29, 0.717) is 30.8 Å². The number of aliphatic hydroxyl groups excluding tert-OH is 1. The van der Waals surface area contributed by atoms with E-state index >= 15 is 0 Å². The second-order valence-corrected chi connectivity index (χ2v) is 7.75. The van der Waals surface area contributed by atoms with Crippen LogP contribution in [0.25, 0.3) is 0 Å². The Labute approximate surface area is 165 Å². The van der Waals surface area contributed by atoms with Crippen molar-refractivity contribution in [3.63, 3.8) is 0 Å². The number of hydrogen-bond acceptors (Lipinski definition) is 4. The van der Waals surface area contributed by atoms with Crippen LogP contribution in [0.3, 0.4) is 0 Å². The topological polar surface area (TPSA) is 67.6 Å². The number of aliphatic hydroxyl groups is 1. The maximum atomic E-state index is 12.9. The van der Waals surface area contributed by atoms with Gasteiger partial charge in [0, 0.05) is 38.3 Å². The summed E-state index contributed by atoms with van der Waals surface area (Å²) in [5.74, 6) is -0.0416. The third-order valence-electron chi connectivity index (χ3n) is 5.74. The number of β-amino-alcohol motifs (C(OH)–C–C–N with tert-alkyl or cyclic N) is 1. The van der Waals surface area contributed by atoms with Crippen molar-refractivity contribution in [1.29, 1.82) is 5.26 Å². The van der Waals surface area contributed by atoms with Crippen molar-refractivity contribution in [3.8, 4) is 6.07 Å². The number of rotatable bonds is 4. The zero-order chi connectivity index (χ0) is 19.5. The second kappa shape index (κ2) is 8.14. The van der Waals surface area contributed by atoms with Crippen LogP contribution < -0.4 is 0 Å². The van der Waals surface area contributed by atoms with Crippen LogP contribution in [0.1, 0.15) is 39.0 Å². The van der Waals surface area contributed by atoms with Crippen LogP contribution in [0.4, 0.5) is 0 Å². The van der Waals surface area contributed by atoms with Gasteiger partial charge < -0.3 is 10.0 Å². The van der Waals surface area contributed by atoms with Gasteiger partial charge in [-0.15, -0.1) is 0 Å². The van der Waals surface area contributed by atoms with E-state index in [0.717, 1.165) is 37.9 Å². The standard InChI is InChI=1S/C23H25N3O2/c24-13-17-7-8-22-19(12-17)6-3-10-26(23(22)28)16-21(27)15-25-11-9-18-4-1-2-5-20(18)14-25/h1-2,4-5,7-8,12,21,27H,3,6,9-11,14-16H2/t21-/m1/s1. The molecule has 0 aliphatic carbocycles. The maximum Gasteiger partial charge on any atom is 0.254 e. The molecule has 0 bridgehead atoms. The molecule has 2 aromatic rings. The van der Waals surface area contributed by atoms with Crippen LogP contribution in [0.15, 0.2) is 42.5 Å². The maximum absolute atomic E-state index is 12.9. The Morgan fingerprint density at radius 1 is 1.04 bits per heavy atom. The predicted octanol–water partition coefficient (Wildman–Crippen LogP) is 2.37.